The van der Waals surface area contributed by atoms with Gasteiger partial charge >= 0.3 is 0 Å². The summed E-state index contributed by atoms with van der Waals surface area (Å²) in [5, 5.41) is 13.0. The average molecular weight is 638 g/mol. The highest BCUT2D eigenvalue weighted by molar-refractivity contribution is 6.18. The van der Waals surface area contributed by atoms with Crippen molar-refractivity contribution in [3.8, 4) is 0 Å². The second-order valence-electron chi connectivity index (χ2n) is 11.6. The first kappa shape index (κ1) is 29.5. The van der Waals surface area contributed by atoms with Crippen molar-refractivity contribution in [1.82, 2.24) is 10.0 Å². The van der Waals surface area contributed by atoms with Gasteiger partial charge in [-0.3, -0.25) is 29.3 Å². The molecule has 4 aromatic carbocycles. The van der Waals surface area contributed by atoms with Gasteiger partial charge in [-0.25, -0.2) is 9.40 Å². The van der Waals surface area contributed by atoms with Crippen LogP contribution >= 0.6 is 11.6 Å². The quantitative estimate of drug-likeness (QED) is 0.0785. The van der Waals surface area contributed by atoms with Crippen molar-refractivity contribution in [1.29, 1.82) is 0 Å². The minimum Gasteiger partial charge on any atom is -0.292 e. The number of benzene rings is 4. The van der Waals surface area contributed by atoms with Crippen LogP contribution in [-0.2, 0) is 9.59 Å². The Morgan fingerprint density at radius 1 is 0.783 bits per heavy atom. The monoisotopic (exact) mass is 637 g/mol. The van der Waals surface area contributed by atoms with Crippen LogP contribution in [0.15, 0.2) is 97.1 Å². The summed E-state index contributed by atoms with van der Waals surface area (Å²) in [6.45, 7) is 0. The summed E-state index contributed by atoms with van der Waals surface area (Å²) >= 11 is 6.17. The maximum atomic E-state index is 14.6. The number of Topliss-reactive ketones (excluding diaryl/α,β-unsaturated/α-hetero) is 1. The number of hydrogen-bond acceptors (Lipinski definition) is 6. The van der Waals surface area contributed by atoms with Crippen LogP contribution in [-0.4, -0.2) is 50.4 Å². The molecular weight excluding hydrogens is 613 g/mol. The number of rotatable bonds is 8. The van der Waals surface area contributed by atoms with Crippen molar-refractivity contribution in [3.05, 3.63) is 146 Å². The normalized spacial score (nSPS) is 21.3. The maximum Gasteiger partial charge on any atom is 0.273 e. The summed E-state index contributed by atoms with van der Waals surface area (Å²) in [6, 6.07) is 23.3. The number of amides is 3. The lowest BCUT2D eigenvalue weighted by molar-refractivity contribution is -0.384. The number of ketones is 1. The summed E-state index contributed by atoms with van der Waals surface area (Å²) in [5.74, 6) is -6.09. The molecule has 8 rings (SSSR count). The number of hydrazine groups is 1. The first-order chi connectivity index (χ1) is 22.2. The number of hydrogen-bond donors (Lipinski definition) is 0. The van der Waals surface area contributed by atoms with Crippen molar-refractivity contribution in [2.45, 2.75) is 24.3 Å². The summed E-state index contributed by atoms with van der Waals surface area (Å²) in [5.41, 5.74) is 3.43. The van der Waals surface area contributed by atoms with Crippen molar-refractivity contribution in [2.24, 2.45) is 11.8 Å². The first-order valence-electron chi connectivity index (χ1n) is 14.7. The second-order valence-corrected chi connectivity index (χ2v) is 11.9. The standard InChI is InChI=1S/C35H25ClFN3O6/c36-18-17-27(32(41)19-9-13-21(37)14-10-19)38(33(42)20-11-15-22(16-12-20)40(45)46)39-34(43)30-28-23-5-1-2-6-24(23)29(31(30)35(39)44)26-8-4-3-7-25(26)28/h1-16,27-31H,17-18H2/t27-,28?,29?,30-,31+/m1/s1. The lowest BCUT2D eigenvalue weighted by Crippen LogP contribution is -2.57. The second kappa shape index (κ2) is 11.3. The van der Waals surface area contributed by atoms with Gasteiger partial charge in [0.05, 0.1) is 16.8 Å². The molecule has 4 aliphatic rings. The predicted molar refractivity (Wildman–Crippen MR) is 165 cm³/mol. The van der Waals surface area contributed by atoms with E-state index in [4.69, 9.17) is 11.6 Å². The molecule has 3 amide bonds. The van der Waals surface area contributed by atoms with E-state index in [-0.39, 0.29) is 29.1 Å². The van der Waals surface area contributed by atoms with Crippen LogP contribution in [0.2, 0.25) is 0 Å². The van der Waals surface area contributed by atoms with Crippen LogP contribution in [0.4, 0.5) is 10.1 Å². The molecular formula is C35H25ClFN3O6. The van der Waals surface area contributed by atoms with E-state index in [0.29, 0.717) is 0 Å². The van der Waals surface area contributed by atoms with Gasteiger partial charge < -0.3 is 0 Å². The summed E-state index contributed by atoms with van der Waals surface area (Å²) in [4.78, 5) is 68.3. The summed E-state index contributed by atoms with van der Waals surface area (Å²) < 4.78 is 13.8. The van der Waals surface area contributed by atoms with E-state index in [0.717, 1.165) is 56.5 Å². The highest BCUT2D eigenvalue weighted by atomic mass is 35.5. The SMILES string of the molecule is O=C(c1ccc(F)cc1)[C@@H](CCCl)N(C(=O)c1ccc([N+](=O)[O-])cc1)N1C(=O)[C@@H]2C3c4ccccc4C(c4ccccc43)[C@@H]2C1=O. The van der Waals surface area contributed by atoms with E-state index in [2.05, 4.69) is 0 Å². The van der Waals surface area contributed by atoms with Gasteiger partial charge in [0.25, 0.3) is 23.4 Å². The van der Waals surface area contributed by atoms with Crippen LogP contribution in [0.1, 0.15) is 61.2 Å². The molecule has 0 N–H and O–H groups in total. The Kier molecular flexibility index (Phi) is 7.24. The third-order valence-corrected chi connectivity index (χ3v) is 9.50. The Hall–Kier alpha value is -5.22. The Bertz CT molecular complexity index is 1820. The molecule has 0 radical (unpaired) electrons. The summed E-state index contributed by atoms with van der Waals surface area (Å²) in [7, 11) is 0. The van der Waals surface area contributed by atoms with Crippen LogP contribution in [0.5, 0.6) is 0 Å². The Labute approximate surface area is 267 Å². The number of nitrogens with zero attached hydrogens (tertiary/aromatic N) is 3. The van der Waals surface area contributed by atoms with Crippen LogP contribution in [0.3, 0.4) is 0 Å². The fraction of sp³-hybridized carbons (Fsp3) is 0.200. The highest BCUT2D eigenvalue weighted by Crippen LogP contribution is 2.61. The number of non-ortho nitro benzene ring substituents is 1. The zero-order valence-electron chi connectivity index (χ0n) is 24.1. The van der Waals surface area contributed by atoms with Gasteiger partial charge in [-0.1, -0.05) is 48.5 Å². The minimum absolute atomic E-state index is 0.0504. The van der Waals surface area contributed by atoms with E-state index < -0.39 is 64.0 Å². The fourth-order valence-electron chi connectivity index (χ4n) is 7.38. The Balaban J connectivity index is 1.37. The van der Waals surface area contributed by atoms with E-state index in [1.54, 1.807) is 0 Å². The van der Waals surface area contributed by atoms with Crippen molar-refractivity contribution in [3.63, 3.8) is 0 Å². The number of carbonyl (C=O) groups is 4. The van der Waals surface area contributed by atoms with Gasteiger partial charge in [0, 0.05) is 41.0 Å². The molecule has 1 fully saturated rings. The van der Waals surface area contributed by atoms with Crippen LogP contribution < -0.4 is 0 Å². The largest absolute Gasteiger partial charge is 0.292 e. The number of alkyl halides is 1. The zero-order valence-corrected chi connectivity index (χ0v) is 24.8. The van der Waals surface area contributed by atoms with E-state index in [1.807, 2.05) is 48.5 Å². The average Bonchev–Trinajstić information content (AvgIpc) is 3.34. The lowest BCUT2D eigenvalue weighted by Gasteiger charge is -2.45. The van der Waals surface area contributed by atoms with Gasteiger partial charge in [0.1, 0.15) is 11.9 Å². The molecule has 3 atom stereocenters. The number of carbonyl (C=O) groups excluding carboxylic acids is 4. The Morgan fingerprint density at radius 2 is 1.24 bits per heavy atom. The molecule has 0 aromatic heterocycles. The topological polar surface area (TPSA) is 118 Å². The third kappa shape index (κ3) is 4.43. The van der Waals surface area contributed by atoms with Crippen molar-refractivity contribution >= 4 is 40.8 Å². The molecule has 9 nitrogen and oxygen atoms in total. The van der Waals surface area contributed by atoms with E-state index >= 15 is 0 Å². The molecule has 0 saturated carbocycles. The van der Waals surface area contributed by atoms with E-state index in [1.165, 1.54) is 24.3 Å². The molecule has 46 heavy (non-hydrogen) atoms. The van der Waals surface area contributed by atoms with Gasteiger partial charge in [-0.2, -0.15) is 5.01 Å². The van der Waals surface area contributed by atoms with Crippen molar-refractivity contribution < 1.29 is 28.5 Å². The molecule has 11 heteroatoms. The minimum atomic E-state index is -1.43. The number of imide groups is 1. The van der Waals surface area contributed by atoms with E-state index in [9.17, 15) is 33.7 Å². The van der Waals surface area contributed by atoms with Crippen LogP contribution in [0.25, 0.3) is 0 Å². The molecule has 230 valence electrons. The first-order valence-corrected chi connectivity index (χ1v) is 15.3. The third-order valence-electron chi connectivity index (χ3n) is 9.28. The zero-order chi connectivity index (χ0) is 32.3. The van der Waals surface area contributed by atoms with Crippen molar-refractivity contribution in [2.75, 3.05) is 5.88 Å². The number of halogens is 2. The molecule has 1 saturated heterocycles. The summed E-state index contributed by atoms with van der Waals surface area (Å²) in [6.07, 6.45) is -0.143. The molecule has 2 bridgehead atoms. The number of nitro benzene ring substituents is 1. The van der Waals surface area contributed by atoms with Gasteiger partial charge in [0.15, 0.2) is 5.78 Å². The fourth-order valence-corrected chi connectivity index (χ4v) is 7.58. The van der Waals surface area contributed by atoms with Gasteiger partial charge in [-0.15, -0.1) is 11.6 Å². The van der Waals surface area contributed by atoms with Gasteiger partial charge in [-0.05, 0) is 65.1 Å². The molecule has 1 heterocycles. The molecule has 1 aliphatic heterocycles. The molecule has 0 unspecified atom stereocenters. The molecule has 4 aromatic rings. The highest BCUT2D eigenvalue weighted by Gasteiger charge is 2.63. The maximum absolute atomic E-state index is 14.6. The smallest absolute Gasteiger partial charge is 0.273 e. The predicted octanol–water partition coefficient (Wildman–Crippen LogP) is 5.86. The number of nitro groups is 1. The lowest BCUT2D eigenvalue weighted by atomic mass is 9.55. The molecule has 0 spiro atoms. The molecule has 3 aliphatic carbocycles. The van der Waals surface area contributed by atoms with Gasteiger partial charge in [0.2, 0.25) is 0 Å². The van der Waals surface area contributed by atoms with Crippen LogP contribution in [0, 0.1) is 27.8 Å². The Morgan fingerprint density at radius 3 is 1.67 bits per heavy atom.